The van der Waals surface area contributed by atoms with Gasteiger partial charge in [-0.25, -0.2) is 0 Å². The van der Waals surface area contributed by atoms with Crippen LogP contribution in [0.15, 0.2) is 0 Å². The van der Waals surface area contributed by atoms with E-state index in [1.807, 2.05) is 0 Å². The molecule has 0 aromatic rings. The van der Waals surface area contributed by atoms with Crippen LogP contribution in [0.25, 0.3) is 0 Å². The van der Waals surface area contributed by atoms with E-state index in [1.165, 1.54) is 44.9 Å². The Bertz CT molecular complexity index is 335. The Morgan fingerprint density at radius 2 is 1.61 bits per heavy atom. The van der Waals surface area contributed by atoms with Gasteiger partial charge < -0.3 is 4.74 Å². The van der Waals surface area contributed by atoms with E-state index in [-0.39, 0.29) is 5.60 Å². The highest BCUT2D eigenvalue weighted by molar-refractivity contribution is 5.08. The summed E-state index contributed by atoms with van der Waals surface area (Å²) in [6, 6.07) is 0. The lowest BCUT2D eigenvalue weighted by Crippen LogP contribution is -2.59. The van der Waals surface area contributed by atoms with Crippen LogP contribution in [0.3, 0.4) is 0 Å². The Morgan fingerprint density at radius 3 is 2.39 bits per heavy atom. The molecule has 3 rings (SSSR count). The Balaban J connectivity index is 1.96. The molecule has 0 aromatic heterocycles. The normalized spacial score (nSPS) is 51.3. The van der Waals surface area contributed by atoms with E-state index in [0.29, 0.717) is 10.8 Å². The predicted molar refractivity (Wildman–Crippen MR) is 75.5 cm³/mol. The van der Waals surface area contributed by atoms with Gasteiger partial charge in [0.2, 0.25) is 0 Å². The topological polar surface area (TPSA) is 9.23 Å². The maximum Gasteiger partial charge on any atom is 0.0687 e. The minimum Gasteiger partial charge on any atom is -0.375 e. The molecule has 1 heteroatoms. The predicted octanol–water partition coefficient (Wildman–Crippen LogP) is 4.80. The van der Waals surface area contributed by atoms with Gasteiger partial charge in [0.15, 0.2) is 0 Å². The van der Waals surface area contributed by atoms with E-state index in [0.717, 1.165) is 18.4 Å². The molecule has 4 atom stereocenters. The zero-order valence-corrected chi connectivity index (χ0v) is 12.7. The van der Waals surface area contributed by atoms with Crippen molar-refractivity contribution < 1.29 is 4.74 Å². The van der Waals surface area contributed by atoms with Gasteiger partial charge in [0.25, 0.3) is 0 Å². The number of hydrogen-bond acceptors (Lipinski definition) is 1. The van der Waals surface area contributed by atoms with E-state index in [4.69, 9.17) is 4.74 Å². The fraction of sp³-hybridized carbons (Fsp3) is 1.00. The molecule has 1 aliphatic heterocycles. The van der Waals surface area contributed by atoms with Crippen LogP contribution in [0.2, 0.25) is 0 Å². The van der Waals surface area contributed by atoms with Crippen LogP contribution in [0.4, 0.5) is 0 Å². The molecule has 0 aromatic carbocycles. The second-order valence-electron chi connectivity index (χ2n) is 8.30. The van der Waals surface area contributed by atoms with Crippen LogP contribution in [-0.2, 0) is 4.74 Å². The van der Waals surface area contributed by atoms with Crippen molar-refractivity contribution in [1.29, 1.82) is 0 Å². The van der Waals surface area contributed by atoms with Crippen molar-refractivity contribution in [2.24, 2.45) is 22.7 Å². The molecule has 1 saturated heterocycles. The minimum atomic E-state index is 0.191. The summed E-state index contributed by atoms with van der Waals surface area (Å²) in [5.41, 5.74) is 1.28. The lowest BCUT2D eigenvalue weighted by molar-refractivity contribution is -0.212. The molecule has 3 fully saturated rings. The number of fused-ring (bicyclic) bond motifs is 3. The van der Waals surface area contributed by atoms with Crippen molar-refractivity contribution in [3.05, 3.63) is 0 Å². The second kappa shape index (κ2) is 3.98. The van der Waals surface area contributed by atoms with Crippen molar-refractivity contribution in [2.75, 3.05) is 6.61 Å². The Labute approximate surface area is 113 Å². The van der Waals surface area contributed by atoms with Crippen LogP contribution in [-0.4, -0.2) is 12.2 Å². The van der Waals surface area contributed by atoms with Gasteiger partial charge in [0.05, 0.1) is 5.60 Å². The first kappa shape index (κ1) is 13.0. The Kier molecular flexibility index (Phi) is 2.86. The molecule has 0 unspecified atom stereocenters. The molecule has 0 amide bonds. The van der Waals surface area contributed by atoms with Crippen LogP contribution < -0.4 is 0 Å². The van der Waals surface area contributed by atoms with Gasteiger partial charge in [-0.2, -0.15) is 0 Å². The van der Waals surface area contributed by atoms with E-state index < -0.39 is 0 Å². The monoisotopic (exact) mass is 250 g/mol. The van der Waals surface area contributed by atoms with E-state index in [1.54, 1.807) is 0 Å². The summed E-state index contributed by atoms with van der Waals surface area (Å²) in [5.74, 6) is 1.72. The summed E-state index contributed by atoms with van der Waals surface area (Å²) in [4.78, 5) is 0. The van der Waals surface area contributed by atoms with Crippen LogP contribution in [0.1, 0.15) is 72.6 Å². The third-order valence-electron chi connectivity index (χ3n) is 6.81. The fourth-order valence-electron chi connectivity index (χ4n) is 6.01. The molecule has 1 heterocycles. The Hall–Kier alpha value is -0.0400. The molecule has 2 saturated carbocycles. The van der Waals surface area contributed by atoms with Gasteiger partial charge in [-0.3, -0.25) is 0 Å². The Morgan fingerprint density at radius 1 is 0.833 bits per heavy atom. The summed E-state index contributed by atoms with van der Waals surface area (Å²) >= 11 is 0. The fourth-order valence-corrected chi connectivity index (χ4v) is 6.01. The zero-order chi connectivity index (χ0) is 13.0. The summed E-state index contributed by atoms with van der Waals surface area (Å²) in [6.45, 7) is 11.0. The molecule has 0 spiro atoms. The van der Waals surface area contributed by atoms with Gasteiger partial charge in [0.1, 0.15) is 0 Å². The molecule has 0 bridgehead atoms. The number of ether oxygens (including phenoxy) is 1. The SMILES string of the molecule is CC1(C)CCC[C@@]2(C)[C@H]1CC[C@@]1(C)OCCC[C@@H]21. The highest BCUT2D eigenvalue weighted by atomic mass is 16.5. The smallest absolute Gasteiger partial charge is 0.0687 e. The quantitative estimate of drug-likeness (QED) is 0.600. The first-order valence-electron chi connectivity index (χ1n) is 8.02. The summed E-state index contributed by atoms with van der Waals surface area (Å²) in [5, 5.41) is 0. The lowest BCUT2D eigenvalue weighted by Gasteiger charge is -2.63. The van der Waals surface area contributed by atoms with Gasteiger partial charge in [0, 0.05) is 6.61 Å². The maximum absolute atomic E-state index is 6.25. The van der Waals surface area contributed by atoms with Crippen LogP contribution in [0, 0.1) is 22.7 Å². The van der Waals surface area contributed by atoms with Gasteiger partial charge in [-0.15, -0.1) is 0 Å². The summed E-state index contributed by atoms with van der Waals surface area (Å²) < 4.78 is 6.25. The standard InChI is InChI=1S/C17H30O/c1-15(2)9-6-10-16(3)13(15)8-11-17(4)14(16)7-5-12-18-17/h13-14H,5-12H2,1-4H3/t13-,14-,16-,17+/m0/s1. The molecular formula is C17H30O. The first-order valence-corrected chi connectivity index (χ1v) is 8.02. The average Bonchev–Trinajstić information content (AvgIpc) is 2.27. The van der Waals surface area contributed by atoms with Crippen LogP contribution in [0.5, 0.6) is 0 Å². The summed E-state index contributed by atoms with van der Waals surface area (Å²) in [7, 11) is 0. The molecular weight excluding hydrogens is 220 g/mol. The van der Waals surface area contributed by atoms with Crippen molar-refractivity contribution in [3.63, 3.8) is 0 Å². The van der Waals surface area contributed by atoms with Gasteiger partial charge in [-0.05, 0) is 68.1 Å². The first-order chi connectivity index (χ1) is 8.39. The molecule has 1 nitrogen and oxygen atoms in total. The third-order valence-corrected chi connectivity index (χ3v) is 6.81. The minimum absolute atomic E-state index is 0.191. The van der Waals surface area contributed by atoms with Crippen molar-refractivity contribution >= 4 is 0 Å². The van der Waals surface area contributed by atoms with Crippen LogP contribution >= 0.6 is 0 Å². The molecule has 0 N–H and O–H groups in total. The average molecular weight is 250 g/mol. The van der Waals surface area contributed by atoms with Gasteiger partial charge >= 0.3 is 0 Å². The van der Waals surface area contributed by atoms with E-state index in [9.17, 15) is 0 Å². The maximum atomic E-state index is 6.25. The molecule has 3 aliphatic rings. The zero-order valence-electron chi connectivity index (χ0n) is 12.7. The third kappa shape index (κ3) is 1.69. The largest absolute Gasteiger partial charge is 0.375 e. The van der Waals surface area contributed by atoms with Gasteiger partial charge in [-0.1, -0.05) is 27.2 Å². The number of rotatable bonds is 0. The molecule has 0 radical (unpaired) electrons. The van der Waals surface area contributed by atoms with Crippen molar-refractivity contribution in [1.82, 2.24) is 0 Å². The molecule has 18 heavy (non-hydrogen) atoms. The van der Waals surface area contributed by atoms with Crippen molar-refractivity contribution in [2.45, 2.75) is 78.2 Å². The lowest BCUT2D eigenvalue weighted by atomic mass is 9.45. The van der Waals surface area contributed by atoms with E-state index >= 15 is 0 Å². The highest BCUT2D eigenvalue weighted by Crippen LogP contribution is 2.64. The number of hydrogen-bond donors (Lipinski definition) is 0. The van der Waals surface area contributed by atoms with E-state index in [2.05, 4.69) is 27.7 Å². The second-order valence-corrected chi connectivity index (χ2v) is 8.30. The highest BCUT2D eigenvalue weighted by Gasteiger charge is 2.59. The molecule has 2 aliphatic carbocycles. The summed E-state index contributed by atoms with van der Waals surface area (Å²) in [6.07, 6.45) is 9.65. The van der Waals surface area contributed by atoms with Crippen molar-refractivity contribution in [3.8, 4) is 0 Å². The molecule has 104 valence electrons.